The van der Waals surface area contributed by atoms with E-state index in [0.717, 1.165) is 38.1 Å². The van der Waals surface area contributed by atoms with Crippen LogP contribution in [0.25, 0.3) is 0 Å². The van der Waals surface area contributed by atoms with Crippen LogP contribution in [0.3, 0.4) is 0 Å². The van der Waals surface area contributed by atoms with Crippen LogP contribution in [0.4, 0.5) is 0 Å². The normalized spacial score (nSPS) is 29.9. The minimum Gasteiger partial charge on any atom is -0.377 e. The summed E-state index contributed by atoms with van der Waals surface area (Å²) in [6.07, 6.45) is 9.34. The summed E-state index contributed by atoms with van der Waals surface area (Å²) in [7, 11) is 1.59. The Morgan fingerprint density at radius 1 is 1.00 bits per heavy atom. The first-order chi connectivity index (χ1) is 18.5. The van der Waals surface area contributed by atoms with Crippen LogP contribution in [-0.2, 0) is 19.1 Å². The summed E-state index contributed by atoms with van der Waals surface area (Å²) in [5, 5.41) is 3.10. The molecule has 0 spiro atoms. The molecule has 0 radical (unpaired) electrons. The average molecular weight is 524 g/mol. The van der Waals surface area contributed by atoms with Crippen LogP contribution < -0.4 is 5.32 Å². The third-order valence-corrected chi connectivity index (χ3v) is 9.63. The number of benzene rings is 1. The lowest BCUT2D eigenvalue weighted by atomic mass is 9.83. The van der Waals surface area contributed by atoms with Crippen LogP contribution >= 0.6 is 0 Å². The monoisotopic (exact) mass is 523 g/mol. The number of Topliss-reactive ketones (excluding diaryl/α,β-unsaturated/α-hetero) is 1. The highest BCUT2D eigenvalue weighted by Crippen LogP contribution is 2.35. The molecule has 4 atom stereocenters. The molecule has 5 fully saturated rings. The number of carbonyl (C=O) groups excluding carboxylic acids is 3. The van der Waals surface area contributed by atoms with E-state index in [1.165, 1.54) is 44.3 Å². The predicted molar refractivity (Wildman–Crippen MR) is 142 cm³/mol. The van der Waals surface area contributed by atoms with E-state index in [1.54, 1.807) is 12.0 Å². The van der Waals surface area contributed by atoms with Crippen molar-refractivity contribution >= 4 is 17.6 Å². The van der Waals surface area contributed by atoms with E-state index < -0.39 is 18.2 Å². The Morgan fingerprint density at radius 2 is 1.71 bits per heavy atom. The fourth-order valence-electron chi connectivity index (χ4n) is 7.24. The lowest BCUT2D eigenvalue weighted by molar-refractivity contribution is -0.139. The molecule has 0 unspecified atom stereocenters. The molecule has 38 heavy (non-hydrogen) atoms. The highest BCUT2D eigenvalue weighted by Gasteiger charge is 2.54. The van der Waals surface area contributed by atoms with Crippen LogP contribution in [0.2, 0.25) is 0 Å². The van der Waals surface area contributed by atoms with Crippen molar-refractivity contribution in [2.75, 3.05) is 33.4 Å². The van der Waals surface area contributed by atoms with Gasteiger partial charge in [0.05, 0.1) is 6.54 Å². The molecule has 0 bridgehead atoms. The number of likely N-dealkylation sites (tertiary alicyclic amines) is 2. The van der Waals surface area contributed by atoms with Crippen molar-refractivity contribution in [3.63, 3.8) is 0 Å². The van der Waals surface area contributed by atoms with Crippen molar-refractivity contribution in [1.82, 2.24) is 15.1 Å². The van der Waals surface area contributed by atoms with Crippen LogP contribution in [0, 0.1) is 5.92 Å². The zero-order chi connectivity index (χ0) is 26.2. The van der Waals surface area contributed by atoms with Gasteiger partial charge in [-0.05, 0) is 81.1 Å². The Labute approximate surface area is 225 Å². The molecular formula is C30H41N3O5. The number of amides is 2. The first kappa shape index (κ1) is 26.0. The Kier molecular flexibility index (Phi) is 7.56. The van der Waals surface area contributed by atoms with Gasteiger partial charge in [-0.25, -0.2) is 0 Å². The van der Waals surface area contributed by atoms with Crippen molar-refractivity contribution < 1.29 is 23.9 Å². The Hall–Kier alpha value is -2.29. The van der Waals surface area contributed by atoms with E-state index in [1.807, 2.05) is 12.1 Å². The first-order valence-corrected chi connectivity index (χ1v) is 14.7. The van der Waals surface area contributed by atoms with Gasteiger partial charge in [0.15, 0.2) is 5.78 Å². The van der Waals surface area contributed by atoms with Gasteiger partial charge in [-0.1, -0.05) is 31.4 Å². The van der Waals surface area contributed by atoms with Gasteiger partial charge >= 0.3 is 0 Å². The van der Waals surface area contributed by atoms with E-state index in [4.69, 9.17) is 9.47 Å². The number of piperidine rings is 1. The standard InChI is InChI=1S/C30H41N3O5/c1-37-25-17-33(27-24(34)18-38-28(25)27)30(36)26(21-5-3-2-4-6-21)31-29(35)22-9-7-19(8-10-22)20-13-15-32(16-14-20)23-11-12-23/h7-10,20-21,23,25-28H,2-6,11-18H2,1H3,(H,31,35)/t25-,26+,27-,28-/m1/s1. The summed E-state index contributed by atoms with van der Waals surface area (Å²) in [4.78, 5) is 44.3. The van der Waals surface area contributed by atoms with Crippen molar-refractivity contribution in [3.8, 4) is 0 Å². The van der Waals surface area contributed by atoms with Gasteiger partial charge in [0.25, 0.3) is 5.91 Å². The molecule has 1 aromatic rings. The molecule has 2 saturated carbocycles. The molecule has 206 valence electrons. The number of carbonyl (C=O) groups is 3. The summed E-state index contributed by atoms with van der Waals surface area (Å²) in [5.74, 6) is 0.111. The molecule has 1 N–H and O–H groups in total. The van der Waals surface area contributed by atoms with Crippen molar-refractivity contribution in [3.05, 3.63) is 35.4 Å². The SMILES string of the molecule is CO[C@@H]1CN(C(=O)[C@@H](NC(=O)c2ccc(C3CCN(C4CC4)CC3)cc2)C2CCCCC2)[C@@H]2C(=O)CO[C@@H]21. The van der Waals surface area contributed by atoms with Crippen molar-refractivity contribution in [1.29, 1.82) is 0 Å². The van der Waals surface area contributed by atoms with Gasteiger partial charge in [-0.3, -0.25) is 14.4 Å². The number of ether oxygens (including phenoxy) is 2. The Morgan fingerprint density at radius 3 is 2.37 bits per heavy atom. The topological polar surface area (TPSA) is 88.2 Å². The van der Waals surface area contributed by atoms with Crippen molar-refractivity contribution in [2.45, 2.75) is 94.0 Å². The minimum atomic E-state index is -0.654. The maximum absolute atomic E-state index is 13.9. The number of nitrogens with zero attached hydrogens (tertiary/aromatic N) is 2. The lowest BCUT2D eigenvalue weighted by Gasteiger charge is -2.34. The van der Waals surface area contributed by atoms with E-state index in [0.29, 0.717) is 18.0 Å². The summed E-state index contributed by atoms with van der Waals surface area (Å²) in [6, 6.07) is 7.54. The Balaban J connectivity index is 1.14. The van der Waals surface area contributed by atoms with E-state index in [9.17, 15) is 14.4 Å². The third-order valence-electron chi connectivity index (χ3n) is 9.63. The number of ketones is 1. The average Bonchev–Trinajstić information content (AvgIpc) is 3.65. The predicted octanol–water partition coefficient (Wildman–Crippen LogP) is 2.90. The van der Waals surface area contributed by atoms with Gasteiger partial charge in [-0.2, -0.15) is 0 Å². The summed E-state index contributed by atoms with van der Waals surface area (Å²) in [5.41, 5.74) is 1.87. The molecule has 0 aromatic heterocycles. The van der Waals surface area contributed by atoms with Gasteiger partial charge in [0.2, 0.25) is 5.91 Å². The molecule has 6 rings (SSSR count). The molecule has 2 amide bonds. The van der Waals surface area contributed by atoms with Crippen molar-refractivity contribution in [2.24, 2.45) is 5.92 Å². The van der Waals surface area contributed by atoms with Crippen LogP contribution in [-0.4, -0.2) is 91.1 Å². The van der Waals surface area contributed by atoms with Crippen LogP contribution in [0.1, 0.15) is 79.6 Å². The van der Waals surface area contributed by atoms with Gasteiger partial charge < -0.3 is 24.6 Å². The summed E-state index contributed by atoms with van der Waals surface area (Å²) in [6.45, 7) is 2.65. The van der Waals surface area contributed by atoms with Gasteiger partial charge in [-0.15, -0.1) is 0 Å². The number of hydrogen-bond donors (Lipinski definition) is 1. The molecule has 1 aromatic carbocycles. The molecule has 3 heterocycles. The zero-order valence-electron chi connectivity index (χ0n) is 22.5. The fourth-order valence-corrected chi connectivity index (χ4v) is 7.24. The minimum absolute atomic E-state index is 0.00534. The highest BCUT2D eigenvalue weighted by atomic mass is 16.5. The Bertz CT molecular complexity index is 1030. The smallest absolute Gasteiger partial charge is 0.251 e. The zero-order valence-corrected chi connectivity index (χ0v) is 22.5. The second kappa shape index (κ2) is 11.1. The van der Waals surface area contributed by atoms with Crippen LogP contribution in [0.5, 0.6) is 0 Å². The summed E-state index contributed by atoms with van der Waals surface area (Å²) >= 11 is 0. The van der Waals surface area contributed by atoms with Gasteiger partial charge in [0.1, 0.15) is 30.9 Å². The molecule has 3 aliphatic heterocycles. The van der Waals surface area contributed by atoms with Gasteiger partial charge in [0, 0.05) is 18.7 Å². The van der Waals surface area contributed by atoms with E-state index >= 15 is 0 Å². The van der Waals surface area contributed by atoms with Crippen LogP contribution in [0.15, 0.2) is 24.3 Å². The number of rotatable bonds is 7. The molecular weight excluding hydrogens is 482 g/mol. The van der Waals surface area contributed by atoms with E-state index in [2.05, 4.69) is 22.3 Å². The maximum atomic E-state index is 13.9. The largest absolute Gasteiger partial charge is 0.377 e. The quantitative estimate of drug-likeness (QED) is 0.591. The second-order valence-electron chi connectivity index (χ2n) is 12.0. The maximum Gasteiger partial charge on any atom is 0.251 e. The summed E-state index contributed by atoms with van der Waals surface area (Å²) < 4.78 is 11.2. The number of nitrogens with one attached hydrogen (secondary N) is 1. The second-order valence-corrected chi connectivity index (χ2v) is 12.0. The highest BCUT2D eigenvalue weighted by molar-refractivity contribution is 5.99. The molecule has 3 saturated heterocycles. The van der Waals surface area contributed by atoms with E-state index in [-0.39, 0.29) is 36.2 Å². The lowest BCUT2D eigenvalue weighted by Crippen LogP contribution is -2.55. The molecule has 2 aliphatic carbocycles. The molecule has 8 nitrogen and oxygen atoms in total. The molecule has 5 aliphatic rings. The number of methoxy groups -OCH3 is 1. The first-order valence-electron chi connectivity index (χ1n) is 14.7. The number of fused-ring (bicyclic) bond motifs is 1. The number of hydrogen-bond acceptors (Lipinski definition) is 6. The third kappa shape index (κ3) is 5.15. The molecule has 8 heteroatoms. The fraction of sp³-hybridized carbons (Fsp3) is 0.700.